The van der Waals surface area contributed by atoms with Gasteiger partial charge in [0.05, 0.1) is 19.0 Å². The summed E-state index contributed by atoms with van der Waals surface area (Å²) in [5.74, 6) is 1.84. The van der Waals surface area contributed by atoms with Crippen molar-refractivity contribution in [2.75, 3.05) is 7.11 Å². The zero-order valence-electron chi connectivity index (χ0n) is 13.7. The second-order valence-electron chi connectivity index (χ2n) is 5.27. The molecule has 0 amide bonds. The van der Waals surface area contributed by atoms with Gasteiger partial charge in [-0.15, -0.1) is 20.4 Å². The van der Waals surface area contributed by atoms with E-state index in [1.807, 2.05) is 0 Å². The lowest BCUT2D eigenvalue weighted by Crippen LogP contribution is -2.07. The number of nitrogens with zero attached hydrogens (tertiary/aromatic N) is 8. The van der Waals surface area contributed by atoms with Crippen LogP contribution in [0.5, 0.6) is 11.6 Å². The summed E-state index contributed by atoms with van der Waals surface area (Å²) in [6.07, 6.45) is 1.62. The lowest BCUT2D eigenvalue weighted by Gasteiger charge is -2.09. The molecule has 4 heterocycles. The van der Waals surface area contributed by atoms with Crippen LogP contribution in [0.2, 0.25) is 0 Å². The minimum absolute atomic E-state index is 0.235. The number of aromatic nitrogens is 8. The van der Waals surface area contributed by atoms with E-state index in [1.54, 1.807) is 37.0 Å². The molecule has 25 heavy (non-hydrogen) atoms. The van der Waals surface area contributed by atoms with Crippen LogP contribution in [0.3, 0.4) is 0 Å². The molecule has 11 nitrogen and oxygen atoms in total. The van der Waals surface area contributed by atoms with Crippen LogP contribution >= 0.6 is 0 Å². The lowest BCUT2D eigenvalue weighted by molar-refractivity contribution is 0.260. The molecule has 128 valence electrons. The number of rotatable bonds is 5. The number of aryl methyl sites for hydroxylation is 2. The number of methoxy groups -OCH3 is 1. The predicted octanol–water partition coefficient (Wildman–Crippen LogP) is 0.804. The normalized spacial score (nSPS) is 11.2. The van der Waals surface area contributed by atoms with Crippen molar-refractivity contribution in [3.05, 3.63) is 29.8 Å². The summed E-state index contributed by atoms with van der Waals surface area (Å²) in [6.45, 7) is 2.03. The first-order valence-corrected chi connectivity index (χ1v) is 7.36. The largest absolute Gasteiger partial charge is 0.491 e. The van der Waals surface area contributed by atoms with Gasteiger partial charge in [0, 0.05) is 19.2 Å². The SMILES string of the molecule is COc1cc2nnc(-c3cc(C)on3)n2nc1OCc1cnnn1C. The third-order valence-corrected chi connectivity index (χ3v) is 3.57. The fourth-order valence-corrected chi connectivity index (χ4v) is 2.26. The van der Waals surface area contributed by atoms with Gasteiger partial charge >= 0.3 is 0 Å². The van der Waals surface area contributed by atoms with E-state index in [2.05, 4.69) is 30.8 Å². The molecule has 0 unspecified atom stereocenters. The van der Waals surface area contributed by atoms with E-state index < -0.39 is 0 Å². The van der Waals surface area contributed by atoms with Gasteiger partial charge < -0.3 is 14.0 Å². The van der Waals surface area contributed by atoms with Crippen molar-refractivity contribution in [1.82, 2.24) is 40.0 Å². The van der Waals surface area contributed by atoms with Crippen molar-refractivity contribution >= 4 is 5.65 Å². The Balaban J connectivity index is 1.73. The summed E-state index contributed by atoms with van der Waals surface area (Å²) in [5.41, 5.74) is 1.83. The van der Waals surface area contributed by atoms with Crippen molar-refractivity contribution in [3.8, 4) is 23.1 Å². The van der Waals surface area contributed by atoms with Gasteiger partial charge in [-0.3, -0.25) is 0 Å². The van der Waals surface area contributed by atoms with Gasteiger partial charge in [-0.05, 0) is 6.92 Å². The van der Waals surface area contributed by atoms with Crippen molar-refractivity contribution in [1.29, 1.82) is 0 Å². The Labute approximate surface area is 141 Å². The molecule has 0 saturated heterocycles. The topological polar surface area (TPSA) is 118 Å². The van der Waals surface area contributed by atoms with Crippen molar-refractivity contribution in [3.63, 3.8) is 0 Å². The van der Waals surface area contributed by atoms with E-state index in [-0.39, 0.29) is 12.5 Å². The number of fused-ring (bicyclic) bond motifs is 1. The van der Waals surface area contributed by atoms with Crippen LogP contribution in [0.15, 0.2) is 22.9 Å². The first-order chi connectivity index (χ1) is 12.2. The molecule has 0 aliphatic carbocycles. The quantitative estimate of drug-likeness (QED) is 0.519. The lowest BCUT2D eigenvalue weighted by atomic mass is 10.3. The van der Waals surface area contributed by atoms with Crippen molar-refractivity contribution in [2.45, 2.75) is 13.5 Å². The van der Waals surface area contributed by atoms with E-state index in [9.17, 15) is 0 Å². The molecule has 0 bridgehead atoms. The van der Waals surface area contributed by atoms with Crippen LogP contribution in [-0.2, 0) is 13.7 Å². The summed E-state index contributed by atoms with van der Waals surface area (Å²) >= 11 is 0. The molecule has 4 rings (SSSR count). The Morgan fingerprint density at radius 1 is 1.24 bits per heavy atom. The Morgan fingerprint density at radius 2 is 2.12 bits per heavy atom. The summed E-state index contributed by atoms with van der Waals surface area (Å²) in [4.78, 5) is 0. The summed E-state index contributed by atoms with van der Waals surface area (Å²) in [7, 11) is 3.31. The average molecular weight is 342 g/mol. The van der Waals surface area contributed by atoms with Crippen LogP contribution in [-0.4, -0.2) is 47.1 Å². The smallest absolute Gasteiger partial charge is 0.275 e. The van der Waals surface area contributed by atoms with Crippen LogP contribution in [0.25, 0.3) is 17.2 Å². The maximum absolute atomic E-state index is 5.77. The van der Waals surface area contributed by atoms with Gasteiger partial charge in [0.15, 0.2) is 17.1 Å². The number of hydrogen-bond donors (Lipinski definition) is 0. The maximum Gasteiger partial charge on any atom is 0.275 e. The van der Waals surface area contributed by atoms with Crippen LogP contribution < -0.4 is 9.47 Å². The molecule has 0 aromatic carbocycles. The van der Waals surface area contributed by atoms with Crippen molar-refractivity contribution in [2.24, 2.45) is 7.05 Å². The van der Waals surface area contributed by atoms with Crippen molar-refractivity contribution < 1.29 is 14.0 Å². The van der Waals surface area contributed by atoms with Gasteiger partial charge in [0.2, 0.25) is 5.82 Å². The third-order valence-electron chi connectivity index (χ3n) is 3.57. The van der Waals surface area contributed by atoms with E-state index in [0.717, 1.165) is 5.69 Å². The molecule has 11 heteroatoms. The fourth-order valence-electron chi connectivity index (χ4n) is 2.26. The minimum atomic E-state index is 0.235. The summed E-state index contributed by atoms with van der Waals surface area (Å²) in [6, 6.07) is 3.44. The highest BCUT2D eigenvalue weighted by Crippen LogP contribution is 2.28. The fraction of sp³-hybridized carbons (Fsp3) is 0.286. The zero-order valence-corrected chi connectivity index (χ0v) is 13.7. The van der Waals surface area contributed by atoms with Gasteiger partial charge in [-0.2, -0.15) is 4.52 Å². The van der Waals surface area contributed by atoms with Gasteiger partial charge in [-0.1, -0.05) is 10.4 Å². The zero-order chi connectivity index (χ0) is 17.4. The molecule has 0 radical (unpaired) electrons. The Hall–Kier alpha value is -3.50. The second-order valence-corrected chi connectivity index (χ2v) is 5.27. The summed E-state index contributed by atoms with van der Waals surface area (Å²) < 4.78 is 19.3. The molecule has 0 aliphatic heterocycles. The van der Waals surface area contributed by atoms with Crippen LogP contribution in [0.1, 0.15) is 11.5 Å². The third kappa shape index (κ3) is 2.65. The van der Waals surface area contributed by atoms with Gasteiger partial charge in [0.25, 0.3) is 5.88 Å². The average Bonchev–Trinajstić information content (AvgIpc) is 3.31. The molecule has 4 aromatic heterocycles. The van der Waals surface area contributed by atoms with E-state index >= 15 is 0 Å². The Kier molecular flexibility index (Phi) is 3.52. The highest BCUT2D eigenvalue weighted by molar-refractivity contribution is 5.56. The molecule has 0 saturated carbocycles. The molecule has 0 atom stereocenters. The first-order valence-electron chi connectivity index (χ1n) is 7.36. The minimum Gasteiger partial charge on any atom is -0.491 e. The van der Waals surface area contributed by atoms with E-state index in [1.165, 1.54) is 11.6 Å². The van der Waals surface area contributed by atoms with Crippen LogP contribution in [0.4, 0.5) is 0 Å². The molecule has 0 N–H and O–H groups in total. The van der Waals surface area contributed by atoms with Gasteiger partial charge in [0.1, 0.15) is 12.4 Å². The highest BCUT2D eigenvalue weighted by Gasteiger charge is 2.18. The van der Waals surface area contributed by atoms with Crippen LogP contribution in [0, 0.1) is 6.92 Å². The molecule has 0 aliphatic rings. The highest BCUT2D eigenvalue weighted by atomic mass is 16.5. The van der Waals surface area contributed by atoms with E-state index in [0.29, 0.717) is 28.7 Å². The molecule has 4 aromatic rings. The maximum atomic E-state index is 5.77. The predicted molar refractivity (Wildman–Crippen MR) is 82.9 cm³/mol. The first kappa shape index (κ1) is 15.1. The molecular formula is C14H14N8O3. The van der Waals surface area contributed by atoms with Gasteiger partial charge in [-0.25, -0.2) is 4.68 Å². The van der Waals surface area contributed by atoms with E-state index in [4.69, 9.17) is 14.0 Å². The second kappa shape index (κ2) is 5.85. The molecule has 0 fully saturated rings. The number of hydrogen-bond acceptors (Lipinski definition) is 9. The Morgan fingerprint density at radius 3 is 2.80 bits per heavy atom. The monoisotopic (exact) mass is 342 g/mol. The molecule has 0 spiro atoms. The standard InChI is InChI=1S/C14H14N8O3/c1-8-4-10(19-25-8)13-17-16-12-5-11(23-3)14(18-22(12)13)24-7-9-6-15-20-21(9)2/h4-6H,7H2,1-3H3. The number of ether oxygens (including phenoxy) is 2. The molecular weight excluding hydrogens is 328 g/mol. The Bertz CT molecular complexity index is 1030. The summed E-state index contributed by atoms with van der Waals surface area (Å²) in [5, 5.41) is 24.3.